The smallest absolute Gasteiger partial charge is 0.374 e. The molecule has 1 heterocycles. The molecule has 11 nitrogen and oxygen atoms in total. The summed E-state index contributed by atoms with van der Waals surface area (Å²) in [6, 6.07) is 13.1. The van der Waals surface area contributed by atoms with Crippen molar-refractivity contribution >= 4 is 17.4 Å². The second-order valence-electron chi connectivity index (χ2n) is 5.67. The maximum absolute atomic E-state index is 12.4. The van der Waals surface area contributed by atoms with Gasteiger partial charge in [0, 0.05) is 0 Å². The van der Waals surface area contributed by atoms with Crippen molar-refractivity contribution in [1.82, 2.24) is 15.4 Å². The SMILES string of the molecule is COc1ccccc1Oc1ncnc(NNC(=O)c2ccccc2OC)c1[N+](=O)[O-]. The summed E-state index contributed by atoms with van der Waals surface area (Å²) in [6.07, 6.45) is 1.06. The monoisotopic (exact) mass is 411 g/mol. The molecule has 2 N–H and O–H groups in total. The molecule has 0 saturated carbocycles. The van der Waals surface area contributed by atoms with Gasteiger partial charge < -0.3 is 14.2 Å². The summed E-state index contributed by atoms with van der Waals surface area (Å²) in [4.78, 5) is 31.0. The molecule has 0 radical (unpaired) electrons. The van der Waals surface area contributed by atoms with Gasteiger partial charge in [0.1, 0.15) is 12.1 Å². The summed E-state index contributed by atoms with van der Waals surface area (Å²) in [7, 11) is 2.87. The first-order valence-corrected chi connectivity index (χ1v) is 8.54. The Kier molecular flexibility index (Phi) is 6.23. The fraction of sp³-hybridized carbons (Fsp3) is 0.105. The predicted octanol–water partition coefficient (Wildman–Crippen LogP) is 2.95. The van der Waals surface area contributed by atoms with E-state index in [1.165, 1.54) is 14.2 Å². The zero-order valence-electron chi connectivity index (χ0n) is 16.0. The molecule has 0 aliphatic heterocycles. The molecule has 154 valence electrons. The second kappa shape index (κ2) is 9.19. The Morgan fingerprint density at radius 2 is 1.60 bits per heavy atom. The van der Waals surface area contributed by atoms with E-state index in [1.807, 2.05) is 0 Å². The van der Waals surface area contributed by atoms with Crippen LogP contribution < -0.4 is 25.1 Å². The van der Waals surface area contributed by atoms with Gasteiger partial charge >= 0.3 is 11.6 Å². The van der Waals surface area contributed by atoms with Crippen LogP contribution in [0.5, 0.6) is 23.1 Å². The number of amides is 1. The zero-order valence-corrected chi connectivity index (χ0v) is 16.0. The third-order valence-corrected chi connectivity index (χ3v) is 3.89. The summed E-state index contributed by atoms with van der Waals surface area (Å²) < 4.78 is 15.9. The third-order valence-electron chi connectivity index (χ3n) is 3.89. The highest BCUT2D eigenvalue weighted by Crippen LogP contribution is 2.37. The fourth-order valence-corrected chi connectivity index (χ4v) is 2.52. The molecule has 0 spiro atoms. The molecular weight excluding hydrogens is 394 g/mol. The number of ether oxygens (including phenoxy) is 3. The Bertz CT molecular complexity index is 1070. The first-order chi connectivity index (χ1) is 14.5. The molecule has 2 aromatic carbocycles. The zero-order chi connectivity index (χ0) is 21.5. The van der Waals surface area contributed by atoms with Gasteiger partial charge in [-0.3, -0.25) is 25.8 Å². The maximum Gasteiger partial charge on any atom is 0.374 e. The summed E-state index contributed by atoms with van der Waals surface area (Å²) in [5.74, 6) is -0.228. The van der Waals surface area contributed by atoms with Crippen LogP contribution in [0.2, 0.25) is 0 Å². The number of benzene rings is 2. The van der Waals surface area contributed by atoms with Crippen LogP contribution in [0.3, 0.4) is 0 Å². The van der Waals surface area contributed by atoms with E-state index in [-0.39, 0.29) is 23.0 Å². The minimum absolute atomic E-state index is 0.228. The van der Waals surface area contributed by atoms with E-state index in [1.54, 1.807) is 48.5 Å². The Morgan fingerprint density at radius 3 is 2.27 bits per heavy atom. The predicted molar refractivity (Wildman–Crippen MR) is 106 cm³/mol. The van der Waals surface area contributed by atoms with Gasteiger partial charge in [0.25, 0.3) is 5.91 Å². The normalized spacial score (nSPS) is 10.1. The molecular formula is C19H17N5O6. The van der Waals surface area contributed by atoms with Crippen molar-refractivity contribution in [2.24, 2.45) is 0 Å². The lowest BCUT2D eigenvalue weighted by Crippen LogP contribution is -2.30. The molecule has 0 aliphatic rings. The molecule has 0 unspecified atom stereocenters. The number of carbonyl (C=O) groups is 1. The fourth-order valence-electron chi connectivity index (χ4n) is 2.52. The molecule has 3 rings (SSSR count). The number of rotatable bonds is 8. The van der Waals surface area contributed by atoms with Crippen LogP contribution in [-0.2, 0) is 0 Å². The van der Waals surface area contributed by atoms with Gasteiger partial charge in [0.05, 0.1) is 24.7 Å². The van der Waals surface area contributed by atoms with E-state index in [4.69, 9.17) is 14.2 Å². The van der Waals surface area contributed by atoms with Gasteiger partial charge in [-0.2, -0.15) is 4.98 Å². The minimum atomic E-state index is -0.720. The molecule has 0 saturated heterocycles. The number of hydrazine groups is 1. The van der Waals surface area contributed by atoms with E-state index in [0.717, 1.165) is 6.33 Å². The highest BCUT2D eigenvalue weighted by molar-refractivity contribution is 5.97. The number of anilines is 1. The minimum Gasteiger partial charge on any atom is -0.496 e. The van der Waals surface area contributed by atoms with Crippen LogP contribution in [0, 0.1) is 10.1 Å². The van der Waals surface area contributed by atoms with E-state index in [9.17, 15) is 14.9 Å². The number of nitrogens with one attached hydrogen (secondary N) is 2. The van der Waals surface area contributed by atoms with Crippen LogP contribution in [-0.4, -0.2) is 35.0 Å². The average molecular weight is 411 g/mol. The Hall–Kier alpha value is -4.41. The van der Waals surface area contributed by atoms with E-state index < -0.39 is 16.5 Å². The van der Waals surface area contributed by atoms with Crippen LogP contribution in [0.1, 0.15) is 10.4 Å². The second-order valence-corrected chi connectivity index (χ2v) is 5.67. The number of methoxy groups -OCH3 is 2. The summed E-state index contributed by atoms with van der Waals surface area (Å²) >= 11 is 0. The lowest BCUT2D eigenvalue weighted by Gasteiger charge is -2.12. The Balaban J connectivity index is 1.86. The summed E-state index contributed by atoms with van der Waals surface area (Å²) in [5.41, 5.74) is 4.46. The number of hydrogen-bond acceptors (Lipinski definition) is 9. The van der Waals surface area contributed by atoms with Crippen molar-refractivity contribution in [2.75, 3.05) is 19.6 Å². The molecule has 1 amide bonds. The number of aromatic nitrogens is 2. The van der Waals surface area contributed by atoms with Gasteiger partial charge in [-0.1, -0.05) is 24.3 Å². The molecule has 30 heavy (non-hydrogen) atoms. The first-order valence-electron chi connectivity index (χ1n) is 8.54. The lowest BCUT2D eigenvalue weighted by molar-refractivity contribution is -0.385. The number of hydrogen-bond donors (Lipinski definition) is 2. The van der Waals surface area contributed by atoms with Crippen LogP contribution >= 0.6 is 0 Å². The van der Waals surface area contributed by atoms with Crippen molar-refractivity contribution in [3.63, 3.8) is 0 Å². The van der Waals surface area contributed by atoms with Crippen molar-refractivity contribution in [3.05, 3.63) is 70.5 Å². The Labute approximate surface area is 170 Å². The summed E-state index contributed by atoms with van der Waals surface area (Å²) in [5, 5.41) is 11.6. The van der Waals surface area contributed by atoms with Gasteiger partial charge in [0.15, 0.2) is 11.5 Å². The van der Waals surface area contributed by atoms with Crippen LogP contribution in [0.4, 0.5) is 11.5 Å². The third kappa shape index (κ3) is 4.35. The average Bonchev–Trinajstić information content (AvgIpc) is 2.77. The molecule has 1 aromatic heterocycles. The van der Waals surface area contributed by atoms with Crippen molar-refractivity contribution < 1.29 is 23.9 Å². The molecule has 3 aromatic rings. The molecule has 0 aliphatic carbocycles. The quantitative estimate of drug-likeness (QED) is 0.423. The maximum atomic E-state index is 12.4. The highest BCUT2D eigenvalue weighted by Gasteiger charge is 2.26. The van der Waals surface area contributed by atoms with Crippen molar-refractivity contribution in [2.45, 2.75) is 0 Å². The van der Waals surface area contributed by atoms with E-state index >= 15 is 0 Å². The van der Waals surface area contributed by atoms with Gasteiger partial charge in [-0.15, -0.1) is 0 Å². The van der Waals surface area contributed by atoms with Crippen molar-refractivity contribution in [1.29, 1.82) is 0 Å². The largest absolute Gasteiger partial charge is 0.496 e. The molecule has 0 atom stereocenters. The highest BCUT2D eigenvalue weighted by atomic mass is 16.6. The van der Waals surface area contributed by atoms with Crippen LogP contribution in [0.25, 0.3) is 0 Å². The molecule has 11 heteroatoms. The van der Waals surface area contributed by atoms with Gasteiger partial charge in [-0.25, -0.2) is 4.98 Å². The molecule has 0 fully saturated rings. The van der Waals surface area contributed by atoms with Gasteiger partial charge in [-0.05, 0) is 24.3 Å². The Morgan fingerprint density at radius 1 is 0.967 bits per heavy atom. The number of nitrogens with zero attached hydrogens (tertiary/aromatic N) is 3. The van der Waals surface area contributed by atoms with E-state index in [0.29, 0.717) is 11.5 Å². The molecule has 0 bridgehead atoms. The number of nitro groups is 1. The topological polar surface area (TPSA) is 138 Å². The van der Waals surface area contributed by atoms with Crippen LogP contribution in [0.15, 0.2) is 54.9 Å². The lowest BCUT2D eigenvalue weighted by atomic mass is 10.2. The number of carbonyl (C=O) groups excluding carboxylic acids is 1. The summed E-state index contributed by atoms with van der Waals surface area (Å²) in [6.45, 7) is 0. The number of para-hydroxylation sites is 3. The first kappa shape index (κ1) is 20.3. The van der Waals surface area contributed by atoms with Crippen molar-refractivity contribution in [3.8, 4) is 23.1 Å². The van der Waals surface area contributed by atoms with Gasteiger partial charge in [0.2, 0.25) is 5.82 Å². The van der Waals surface area contributed by atoms with E-state index in [2.05, 4.69) is 20.8 Å². The standard InChI is InChI=1S/C19H17N5O6/c1-28-13-8-4-3-7-12(13)18(25)23-22-17-16(24(26)27)19(21-11-20-17)30-15-10-6-5-9-14(15)29-2/h3-11H,1-2H3,(H,23,25)(H,20,21,22).